The molecule has 162 valence electrons. The molecule has 1 aromatic carbocycles. The van der Waals surface area contributed by atoms with Crippen molar-refractivity contribution in [3.63, 3.8) is 0 Å². The minimum absolute atomic E-state index is 0.0103. The molecule has 1 atom stereocenters. The summed E-state index contributed by atoms with van der Waals surface area (Å²) in [5.41, 5.74) is 0.131. The monoisotopic (exact) mass is 451 g/mol. The van der Waals surface area contributed by atoms with E-state index in [0.717, 1.165) is 15.9 Å². The van der Waals surface area contributed by atoms with Gasteiger partial charge in [0.1, 0.15) is 18.5 Å². The predicted octanol–water partition coefficient (Wildman–Crippen LogP) is 2.09. The van der Waals surface area contributed by atoms with Crippen molar-refractivity contribution in [1.82, 2.24) is 5.32 Å². The number of benzene rings is 1. The van der Waals surface area contributed by atoms with Crippen LogP contribution in [0, 0.1) is 5.82 Å². The van der Waals surface area contributed by atoms with Crippen LogP contribution in [-0.2, 0) is 19.0 Å². The van der Waals surface area contributed by atoms with Crippen LogP contribution in [0.2, 0.25) is 0 Å². The molecular weight excluding hydrogens is 438 g/mol. The Morgan fingerprint density at radius 2 is 2.00 bits per heavy atom. The fourth-order valence-electron chi connectivity index (χ4n) is 2.71. The Kier molecular flexibility index (Phi) is 5.96. The molecule has 1 aromatic rings. The van der Waals surface area contributed by atoms with E-state index in [1.165, 1.54) is 12.1 Å². The van der Waals surface area contributed by atoms with Crippen molar-refractivity contribution in [2.75, 3.05) is 36.0 Å². The van der Waals surface area contributed by atoms with E-state index in [-0.39, 0.29) is 37.6 Å². The van der Waals surface area contributed by atoms with Gasteiger partial charge in [-0.2, -0.15) is 13.2 Å². The standard InChI is InChI=1S/C16H13F4N3O6S/c17-10-5-8(1-2-11(10)22-3-4-27-14(22)25)23-7-9(28-15(23)26)6-21-13(30)29-12(24)16(18,19)20/h1-2,5,9H,3-4,6-7H2,(H,21,30)/t9-/m0/s1. The molecule has 0 saturated carbocycles. The lowest BCUT2D eigenvalue weighted by molar-refractivity contribution is -0.191. The van der Waals surface area contributed by atoms with Crippen molar-refractivity contribution >= 4 is 46.9 Å². The van der Waals surface area contributed by atoms with Gasteiger partial charge < -0.3 is 19.5 Å². The SMILES string of the molecule is O=C1O[C@@H](CNC(=S)OC(=O)C(F)(F)F)CN1c1ccc(N2CCOC2=O)c(F)c1. The number of hydrogen-bond donors (Lipinski definition) is 1. The van der Waals surface area contributed by atoms with E-state index in [1.807, 2.05) is 0 Å². The second-order valence-electron chi connectivity index (χ2n) is 6.07. The summed E-state index contributed by atoms with van der Waals surface area (Å²) in [6.07, 6.45) is -7.58. The van der Waals surface area contributed by atoms with Crippen LogP contribution in [-0.4, -0.2) is 61.9 Å². The number of nitrogens with zero attached hydrogens (tertiary/aromatic N) is 2. The van der Waals surface area contributed by atoms with Crippen molar-refractivity contribution in [3.05, 3.63) is 24.0 Å². The van der Waals surface area contributed by atoms with Gasteiger partial charge in [0, 0.05) is 0 Å². The molecule has 2 saturated heterocycles. The number of halogens is 4. The zero-order valence-corrected chi connectivity index (χ0v) is 15.7. The Morgan fingerprint density at radius 3 is 2.60 bits per heavy atom. The number of thiocarbonyl (C=S) groups is 1. The number of hydrogen-bond acceptors (Lipinski definition) is 7. The average Bonchev–Trinajstić information content (AvgIpc) is 3.24. The number of rotatable bonds is 4. The van der Waals surface area contributed by atoms with Crippen molar-refractivity contribution in [2.24, 2.45) is 0 Å². The Balaban J connectivity index is 1.58. The Labute approximate surface area is 171 Å². The van der Waals surface area contributed by atoms with E-state index in [9.17, 15) is 31.9 Å². The summed E-state index contributed by atoms with van der Waals surface area (Å²) < 4.78 is 64.5. The summed E-state index contributed by atoms with van der Waals surface area (Å²) >= 11 is 4.48. The fourth-order valence-corrected chi connectivity index (χ4v) is 2.87. The second kappa shape index (κ2) is 8.30. The molecule has 1 N–H and O–H groups in total. The summed E-state index contributed by atoms with van der Waals surface area (Å²) in [6.45, 7) is -0.000670. The molecule has 9 nitrogen and oxygen atoms in total. The van der Waals surface area contributed by atoms with Crippen molar-refractivity contribution in [2.45, 2.75) is 12.3 Å². The van der Waals surface area contributed by atoms with Gasteiger partial charge in [0.15, 0.2) is 0 Å². The quantitative estimate of drug-likeness (QED) is 0.322. The van der Waals surface area contributed by atoms with E-state index in [1.54, 1.807) is 0 Å². The Hall–Kier alpha value is -3.16. The first-order valence-corrected chi connectivity index (χ1v) is 8.76. The zero-order valence-electron chi connectivity index (χ0n) is 14.9. The highest BCUT2D eigenvalue weighted by Crippen LogP contribution is 2.29. The number of esters is 1. The first-order valence-electron chi connectivity index (χ1n) is 8.35. The van der Waals surface area contributed by atoms with Gasteiger partial charge in [-0.05, 0) is 30.4 Å². The zero-order chi connectivity index (χ0) is 22.1. The lowest BCUT2D eigenvalue weighted by Gasteiger charge is -2.17. The van der Waals surface area contributed by atoms with Gasteiger partial charge in [0.05, 0.1) is 31.0 Å². The van der Waals surface area contributed by atoms with Gasteiger partial charge in [-0.25, -0.2) is 18.8 Å². The van der Waals surface area contributed by atoms with Crippen LogP contribution in [0.25, 0.3) is 0 Å². The first kappa shape index (κ1) is 21.5. The maximum atomic E-state index is 14.4. The Morgan fingerprint density at radius 1 is 1.27 bits per heavy atom. The predicted molar refractivity (Wildman–Crippen MR) is 95.5 cm³/mol. The molecule has 0 aliphatic carbocycles. The van der Waals surface area contributed by atoms with Gasteiger partial charge in [-0.1, -0.05) is 0 Å². The molecule has 0 bridgehead atoms. The normalized spacial score (nSPS) is 18.9. The first-order chi connectivity index (χ1) is 14.1. The number of nitrogens with one attached hydrogen (secondary N) is 1. The van der Waals surface area contributed by atoms with Crippen LogP contribution >= 0.6 is 12.2 Å². The smallest absolute Gasteiger partial charge is 0.447 e. The largest absolute Gasteiger partial charge is 0.491 e. The van der Waals surface area contributed by atoms with E-state index in [0.29, 0.717) is 0 Å². The van der Waals surface area contributed by atoms with Crippen LogP contribution in [0.1, 0.15) is 0 Å². The van der Waals surface area contributed by atoms with E-state index in [2.05, 4.69) is 22.3 Å². The minimum atomic E-state index is -5.20. The highest BCUT2D eigenvalue weighted by molar-refractivity contribution is 7.80. The molecule has 0 aromatic heterocycles. The third-order valence-electron chi connectivity index (χ3n) is 4.06. The van der Waals surface area contributed by atoms with Crippen molar-refractivity contribution < 1.29 is 46.2 Å². The molecule has 0 unspecified atom stereocenters. The number of amides is 2. The van der Waals surface area contributed by atoms with Gasteiger partial charge >= 0.3 is 24.3 Å². The summed E-state index contributed by atoms with van der Waals surface area (Å²) in [5.74, 6) is -3.25. The number of carbonyl (C=O) groups excluding carboxylic acids is 3. The van der Waals surface area contributed by atoms with Crippen LogP contribution in [0.15, 0.2) is 18.2 Å². The highest BCUT2D eigenvalue weighted by atomic mass is 32.1. The van der Waals surface area contributed by atoms with Crippen LogP contribution < -0.4 is 15.1 Å². The molecule has 0 spiro atoms. The average molecular weight is 451 g/mol. The van der Waals surface area contributed by atoms with E-state index < -0.39 is 41.4 Å². The molecular formula is C16H13F4N3O6S. The number of alkyl halides is 3. The number of carbonyl (C=O) groups is 3. The molecule has 3 rings (SSSR count). The molecule has 2 aliphatic heterocycles. The lowest BCUT2D eigenvalue weighted by Crippen LogP contribution is -2.38. The Bertz CT molecular complexity index is 896. The van der Waals surface area contributed by atoms with Crippen molar-refractivity contribution in [3.8, 4) is 0 Å². The van der Waals surface area contributed by atoms with Crippen molar-refractivity contribution in [1.29, 1.82) is 0 Å². The van der Waals surface area contributed by atoms with Gasteiger partial charge in [0.2, 0.25) is 0 Å². The fraction of sp³-hybridized carbons (Fsp3) is 0.375. The second-order valence-corrected chi connectivity index (χ2v) is 6.44. The summed E-state index contributed by atoms with van der Waals surface area (Å²) in [6, 6.07) is 3.74. The molecule has 0 radical (unpaired) electrons. The lowest BCUT2D eigenvalue weighted by atomic mass is 10.2. The molecule has 2 aliphatic rings. The van der Waals surface area contributed by atoms with Gasteiger partial charge in [0.25, 0.3) is 5.17 Å². The molecule has 14 heteroatoms. The van der Waals surface area contributed by atoms with Crippen LogP contribution in [0.5, 0.6) is 0 Å². The molecule has 2 amide bonds. The number of cyclic esters (lactones) is 2. The van der Waals surface area contributed by atoms with Crippen LogP contribution in [0.3, 0.4) is 0 Å². The van der Waals surface area contributed by atoms with Crippen LogP contribution in [0.4, 0.5) is 38.5 Å². The summed E-state index contributed by atoms with van der Waals surface area (Å²) in [5, 5.41) is 1.40. The topological polar surface area (TPSA) is 97.4 Å². The maximum absolute atomic E-state index is 14.4. The summed E-state index contributed by atoms with van der Waals surface area (Å²) in [7, 11) is 0. The number of anilines is 2. The van der Waals surface area contributed by atoms with E-state index in [4.69, 9.17) is 9.47 Å². The van der Waals surface area contributed by atoms with Gasteiger partial charge in [-0.15, -0.1) is 0 Å². The molecule has 2 heterocycles. The number of ether oxygens (including phenoxy) is 3. The minimum Gasteiger partial charge on any atom is -0.447 e. The maximum Gasteiger partial charge on any atom is 0.491 e. The highest BCUT2D eigenvalue weighted by Gasteiger charge is 2.42. The molecule has 30 heavy (non-hydrogen) atoms. The third kappa shape index (κ3) is 4.69. The molecule has 2 fully saturated rings. The van der Waals surface area contributed by atoms with Gasteiger partial charge in [-0.3, -0.25) is 9.80 Å². The van der Waals surface area contributed by atoms with E-state index >= 15 is 0 Å². The summed E-state index contributed by atoms with van der Waals surface area (Å²) in [4.78, 5) is 36.5. The third-order valence-corrected chi connectivity index (χ3v) is 4.29.